The van der Waals surface area contributed by atoms with E-state index in [1.165, 1.54) is 28.6 Å². The zero-order valence-corrected chi connectivity index (χ0v) is 19.2. The van der Waals surface area contributed by atoms with E-state index < -0.39 is 16.0 Å². The standard InChI is InChI=1S/C23H29NO5S/c1-7-24(8-2)30(27,28)20-11-9-19(10-12-20)23(26)29-14-21(25)22-17(5)15(3)13-16(4)18(22)6/h9-13H,7-8,14H2,1-6H3. The van der Waals surface area contributed by atoms with Crippen molar-refractivity contribution in [3.05, 3.63) is 63.7 Å². The van der Waals surface area contributed by atoms with Crippen LogP contribution in [0, 0.1) is 27.7 Å². The summed E-state index contributed by atoms with van der Waals surface area (Å²) in [5.41, 5.74) is 4.56. The Labute approximate surface area is 178 Å². The lowest BCUT2D eigenvalue weighted by Crippen LogP contribution is -2.30. The van der Waals surface area contributed by atoms with Gasteiger partial charge in [0.05, 0.1) is 10.5 Å². The molecule has 0 aliphatic rings. The third-order valence-electron chi connectivity index (χ3n) is 5.41. The van der Waals surface area contributed by atoms with Gasteiger partial charge in [0, 0.05) is 18.7 Å². The molecule has 0 bridgehead atoms. The topological polar surface area (TPSA) is 80.8 Å². The molecule has 30 heavy (non-hydrogen) atoms. The average Bonchev–Trinajstić information content (AvgIpc) is 2.71. The van der Waals surface area contributed by atoms with Crippen LogP contribution in [-0.2, 0) is 14.8 Å². The Kier molecular flexibility index (Phi) is 7.55. The highest BCUT2D eigenvalue weighted by atomic mass is 32.2. The molecule has 0 N–H and O–H groups in total. The molecule has 2 aromatic carbocycles. The molecule has 0 saturated carbocycles. The van der Waals surface area contributed by atoms with Crippen LogP contribution in [0.15, 0.2) is 35.2 Å². The Hall–Kier alpha value is -2.51. The molecule has 0 aromatic heterocycles. The van der Waals surface area contributed by atoms with Crippen molar-refractivity contribution < 1.29 is 22.7 Å². The molecule has 0 aliphatic carbocycles. The second-order valence-electron chi connectivity index (χ2n) is 7.25. The van der Waals surface area contributed by atoms with E-state index in [1.807, 2.05) is 33.8 Å². The molecule has 0 radical (unpaired) electrons. The third kappa shape index (κ3) is 4.79. The van der Waals surface area contributed by atoms with Crippen molar-refractivity contribution in [3.8, 4) is 0 Å². The predicted molar refractivity (Wildman–Crippen MR) is 117 cm³/mol. The molecule has 0 saturated heterocycles. The van der Waals surface area contributed by atoms with Gasteiger partial charge in [0.2, 0.25) is 15.8 Å². The Morgan fingerprint density at radius 2 is 1.40 bits per heavy atom. The second-order valence-corrected chi connectivity index (χ2v) is 9.19. The van der Waals surface area contributed by atoms with Crippen molar-refractivity contribution in [2.24, 2.45) is 0 Å². The summed E-state index contributed by atoms with van der Waals surface area (Å²) >= 11 is 0. The minimum Gasteiger partial charge on any atom is -0.454 e. The van der Waals surface area contributed by atoms with E-state index in [9.17, 15) is 18.0 Å². The highest BCUT2D eigenvalue weighted by Crippen LogP contribution is 2.22. The number of hydrogen-bond acceptors (Lipinski definition) is 5. The average molecular weight is 432 g/mol. The number of hydrogen-bond donors (Lipinski definition) is 0. The van der Waals surface area contributed by atoms with Crippen LogP contribution in [0.25, 0.3) is 0 Å². The van der Waals surface area contributed by atoms with Crippen LogP contribution in [0.2, 0.25) is 0 Å². The number of nitrogens with zero attached hydrogens (tertiary/aromatic N) is 1. The van der Waals surface area contributed by atoms with Crippen LogP contribution >= 0.6 is 0 Å². The largest absolute Gasteiger partial charge is 0.454 e. The summed E-state index contributed by atoms with van der Waals surface area (Å²) in [5.74, 6) is -0.930. The highest BCUT2D eigenvalue weighted by molar-refractivity contribution is 7.89. The van der Waals surface area contributed by atoms with Crippen LogP contribution < -0.4 is 0 Å². The molecule has 2 rings (SSSR count). The zero-order valence-electron chi connectivity index (χ0n) is 18.4. The molecule has 0 unspecified atom stereocenters. The molecule has 0 spiro atoms. The number of ketones is 1. The Bertz CT molecular complexity index is 1030. The maximum atomic E-state index is 12.7. The van der Waals surface area contributed by atoms with Crippen LogP contribution in [0.3, 0.4) is 0 Å². The predicted octanol–water partition coefficient (Wildman–Crippen LogP) is 3.99. The fraction of sp³-hybridized carbons (Fsp3) is 0.391. The number of aryl methyl sites for hydroxylation is 2. The van der Waals surface area contributed by atoms with Crippen molar-refractivity contribution in [3.63, 3.8) is 0 Å². The molecule has 162 valence electrons. The minimum atomic E-state index is -3.60. The van der Waals surface area contributed by atoms with Crippen molar-refractivity contribution in [2.45, 2.75) is 46.4 Å². The van der Waals surface area contributed by atoms with Gasteiger partial charge < -0.3 is 4.74 Å². The van der Waals surface area contributed by atoms with Crippen molar-refractivity contribution in [2.75, 3.05) is 19.7 Å². The molecule has 7 heteroatoms. The van der Waals surface area contributed by atoms with Crippen LogP contribution in [0.5, 0.6) is 0 Å². The summed E-state index contributed by atoms with van der Waals surface area (Å²) in [6.45, 7) is 11.5. The quantitative estimate of drug-likeness (QED) is 0.466. The second kappa shape index (κ2) is 9.53. The van der Waals surface area contributed by atoms with Gasteiger partial charge >= 0.3 is 5.97 Å². The molecule has 0 aliphatic heterocycles. The molecular formula is C23H29NO5S. The number of rotatable bonds is 8. The first-order valence-electron chi connectivity index (χ1n) is 9.92. The van der Waals surface area contributed by atoms with E-state index in [0.717, 1.165) is 22.3 Å². The van der Waals surface area contributed by atoms with Gasteiger partial charge in [-0.15, -0.1) is 0 Å². The van der Waals surface area contributed by atoms with Gasteiger partial charge in [-0.3, -0.25) is 4.79 Å². The van der Waals surface area contributed by atoms with E-state index in [2.05, 4.69) is 0 Å². The summed E-state index contributed by atoms with van der Waals surface area (Å²) in [6, 6.07) is 7.59. The van der Waals surface area contributed by atoms with Crippen molar-refractivity contribution in [1.82, 2.24) is 4.31 Å². The monoisotopic (exact) mass is 431 g/mol. The highest BCUT2D eigenvalue weighted by Gasteiger charge is 2.22. The summed E-state index contributed by atoms with van der Waals surface area (Å²) in [6.07, 6.45) is 0. The lowest BCUT2D eigenvalue weighted by atomic mass is 9.92. The lowest BCUT2D eigenvalue weighted by molar-refractivity contribution is 0.0474. The summed E-state index contributed by atoms with van der Waals surface area (Å²) < 4.78 is 31.6. The molecule has 0 heterocycles. The van der Waals surface area contributed by atoms with Gasteiger partial charge in [-0.2, -0.15) is 4.31 Å². The number of sulfonamides is 1. The van der Waals surface area contributed by atoms with E-state index in [-0.39, 0.29) is 22.8 Å². The van der Waals surface area contributed by atoms with E-state index in [0.29, 0.717) is 18.7 Å². The Balaban J connectivity index is 2.14. The van der Waals surface area contributed by atoms with Gasteiger partial charge in [0.15, 0.2) is 6.61 Å². The van der Waals surface area contributed by atoms with Crippen molar-refractivity contribution in [1.29, 1.82) is 0 Å². The Morgan fingerprint density at radius 3 is 1.87 bits per heavy atom. The number of ether oxygens (including phenoxy) is 1. The van der Waals surface area contributed by atoms with Gasteiger partial charge in [-0.05, 0) is 74.2 Å². The van der Waals surface area contributed by atoms with Gasteiger partial charge in [-0.1, -0.05) is 19.9 Å². The number of carbonyl (C=O) groups is 2. The molecule has 0 amide bonds. The molecule has 2 aromatic rings. The minimum absolute atomic E-state index is 0.111. The first-order valence-corrected chi connectivity index (χ1v) is 11.4. The maximum absolute atomic E-state index is 12.7. The Morgan fingerprint density at radius 1 is 0.900 bits per heavy atom. The van der Waals surface area contributed by atoms with Gasteiger partial charge in [-0.25, -0.2) is 13.2 Å². The first-order chi connectivity index (χ1) is 14.0. The summed E-state index contributed by atoms with van der Waals surface area (Å²) in [5, 5.41) is 0. The van der Waals surface area contributed by atoms with Crippen LogP contribution in [-0.4, -0.2) is 44.2 Å². The normalized spacial score (nSPS) is 11.6. The van der Waals surface area contributed by atoms with Crippen LogP contribution in [0.1, 0.15) is 56.8 Å². The van der Waals surface area contributed by atoms with E-state index in [1.54, 1.807) is 13.8 Å². The third-order valence-corrected chi connectivity index (χ3v) is 7.48. The maximum Gasteiger partial charge on any atom is 0.338 e. The molecule has 0 atom stereocenters. The molecule has 6 nitrogen and oxygen atoms in total. The number of esters is 1. The fourth-order valence-electron chi connectivity index (χ4n) is 3.40. The SMILES string of the molecule is CCN(CC)S(=O)(=O)c1ccc(C(=O)OCC(=O)c2c(C)c(C)cc(C)c2C)cc1. The van der Waals surface area contributed by atoms with Gasteiger partial charge in [0.25, 0.3) is 0 Å². The fourth-order valence-corrected chi connectivity index (χ4v) is 4.86. The number of Topliss-reactive ketones (excluding diaryl/α,β-unsaturated/α-hetero) is 1. The summed E-state index contributed by atoms with van der Waals surface area (Å²) in [4.78, 5) is 25.2. The summed E-state index contributed by atoms with van der Waals surface area (Å²) in [7, 11) is -3.60. The number of benzene rings is 2. The smallest absolute Gasteiger partial charge is 0.338 e. The lowest BCUT2D eigenvalue weighted by Gasteiger charge is -2.18. The van der Waals surface area contributed by atoms with Crippen LogP contribution in [0.4, 0.5) is 0 Å². The van der Waals surface area contributed by atoms with E-state index >= 15 is 0 Å². The molecule has 0 fully saturated rings. The van der Waals surface area contributed by atoms with Gasteiger partial charge in [0.1, 0.15) is 0 Å². The molecular weight excluding hydrogens is 402 g/mol. The zero-order chi connectivity index (χ0) is 22.6. The van der Waals surface area contributed by atoms with Crippen molar-refractivity contribution >= 4 is 21.8 Å². The first kappa shape index (κ1) is 23.8. The van der Waals surface area contributed by atoms with E-state index in [4.69, 9.17) is 4.74 Å². The number of carbonyl (C=O) groups excluding carboxylic acids is 2.